The van der Waals surface area contributed by atoms with Crippen molar-refractivity contribution < 1.29 is 14.3 Å². The van der Waals surface area contributed by atoms with E-state index in [0.717, 1.165) is 34.4 Å². The molecule has 0 bridgehead atoms. The van der Waals surface area contributed by atoms with Crippen molar-refractivity contribution in [2.24, 2.45) is 0 Å². The first-order valence-corrected chi connectivity index (χ1v) is 9.04. The summed E-state index contributed by atoms with van der Waals surface area (Å²) < 4.78 is 11.4. The zero-order chi connectivity index (χ0) is 19.6. The average Bonchev–Trinajstić information content (AvgIpc) is 2.46. The number of ether oxygens (including phenoxy) is 2. The molecular formula is C23H30O3. The van der Waals surface area contributed by atoms with E-state index in [1.165, 1.54) is 18.1 Å². The molecule has 0 aliphatic heterocycles. The fraction of sp³-hybridized carbons (Fsp3) is 0.435. The van der Waals surface area contributed by atoms with Gasteiger partial charge in [-0.2, -0.15) is 0 Å². The summed E-state index contributed by atoms with van der Waals surface area (Å²) in [6, 6.07) is 8.57. The molecular weight excluding hydrogens is 324 g/mol. The Balaban J connectivity index is 2.30. The summed E-state index contributed by atoms with van der Waals surface area (Å²) in [6.07, 6.45) is 0.833. The summed E-state index contributed by atoms with van der Waals surface area (Å²) in [5.41, 5.74) is 6.52. The third-order valence-electron chi connectivity index (χ3n) is 4.10. The minimum absolute atomic E-state index is 0.211. The molecule has 0 aliphatic carbocycles. The van der Waals surface area contributed by atoms with Gasteiger partial charge in [-0.25, -0.2) is 0 Å². The van der Waals surface area contributed by atoms with Crippen LogP contribution >= 0.6 is 0 Å². The van der Waals surface area contributed by atoms with E-state index >= 15 is 0 Å². The van der Waals surface area contributed by atoms with Crippen LogP contribution in [0.1, 0.15) is 61.1 Å². The monoisotopic (exact) mass is 354 g/mol. The van der Waals surface area contributed by atoms with Crippen LogP contribution in [0.15, 0.2) is 24.3 Å². The number of benzene rings is 2. The molecule has 0 N–H and O–H groups in total. The van der Waals surface area contributed by atoms with Crippen LogP contribution in [0.2, 0.25) is 0 Å². The van der Waals surface area contributed by atoms with Gasteiger partial charge in [-0.15, -0.1) is 0 Å². The van der Waals surface area contributed by atoms with Crippen molar-refractivity contribution in [2.75, 3.05) is 0 Å². The number of carbonyl (C=O) groups excluding carboxylic acids is 1. The Labute approximate surface area is 157 Å². The lowest BCUT2D eigenvalue weighted by molar-refractivity contribution is -0.131. The van der Waals surface area contributed by atoms with Gasteiger partial charge in [-0.3, -0.25) is 4.79 Å². The Hall–Kier alpha value is -2.29. The zero-order valence-electron chi connectivity index (χ0n) is 17.2. The number of aryl methyl sites for hydroxylation is 4. The molecule has 0 atom stereocenters. The Bertz CT molecular complexity index is 780. The summed E-state index contributed by atoms with van der Waals surface area (Å²) in [5, 5.41) is 0. The first-order chi connectivity index (χ1) is 12.0. The van der Waals surface area contributed by atoms with Crippen LogP contribution in [-0.4, -0.2) is 11.6 Å². The molecule has 0 fully saturated rings. The number of hydrogen-bond donors (Lipinski definition) is 0. The van der Waals surface area contributed by atoms with Gasteiger partial charge in [0.2, 0.25) is 0 Å². The van der Waals surface area contributed by atoms with Crippen molar-refractivity contribution in [1.82, 2.24) is 0 Å². The van der Waals surface area contributed by atoms with Crippen molar-refractivity contribution in [3.8, 4) is 11.5 Å². The van der Waals surface area contributed by atoms with Crippen molar-refractivity contribution in [3.63, 3.8) is 0 Å². The van der Waals surface area contributed by atoms with Crippen LogP contribution in [-0.2, 0) is 11.2 Å². The lowest BCUT2D eigenvalue weighted by atomic mass is 9.97. The predicted octanol–water partition coefficient (Wildman–Crippen LogP) is 5.61. The van der Waals surface area contributed by atoms with E-state index in [9.17, 15) is 4.79 Å². The standard InChI is InChI=1S/C23H30O3/c1-14-9-19(10-15(2)21(14)25-18(5)24)13-20-11-16(3)22(17(4)12-20)26-23(6,7)8/h9-12H,13H2,1-8H3. The second kappa shape index (κ2) is 7.53. The third-order valence-corrected chi connectivity index (χ3v) is 4.10. The van der Waals surface area contributed by atoms with Crippen LogP contribution in [0.4, 0.5) is 0 Å². The van der Waals surface area contributed by atoms with Gasteiger partial charge in [0.1, 0.15) is 17.1 Å². The fourth-order valence-electron chi connectivity index (χ4n) is 3.29. The predicted molar refractivity (Wildman–Crippen MR) is 106 cm³/mol. The van der Waals surface area contributed by atoms with Crippen LogP contribution in [0, 0.1) is 27.7 Å². The quantitative estimate of drug-likeness (QED) is 0.528. The Morgan fingerprint density at radius 3 is 1.54 bits per heavy atom. The highest BCUT2D eigenvalue weighted by atomic mass is 16.5. The summed E-state index contributed by atoms with van der Waals surface area (Å²) >= 11 is 0. The van der Waals surface area contributed by atoms with Crippen molar-refractivity contribution in [1.29, 1.82) is 0 Å². The molecule has 2 aromatic carbocycles. The smallest absolute Gasteiger partial charge is 0.308 e. The van der Waals surface area contributed by atoms with Gasteiger partial charge in [0.15, 0.2) is 0 Å². The van der Waals surface area contributed by atoms with Gasteiger partial charge in [0.05, 0.1) is 0 Å². The van der Waals surface area contributed by atoms with Gasteiger partial charge in [0, 0.05) is 6.92 Å². The number of rotatable bonds is 4. The molecule has 0 unspecified atom stereocenters. The van der Waals surface area contributed by atoms with E-state index < -0.39 is 0 Å². The van der Waals surface area contributed by atoms with E-state index in [1.54, 1.807) is 0 Å². The molecule has 0 heterocycles. The van der Waals surface area contributed by atoms with Crippen LogP contribution in [0.5, 0.6) is 11.5 Å². The third kappa shape index (κ3) is 5.10. The van der Waals surface area contributed by atoms with Gasteiger partial charge in [0.25, 0.3) is 0 Å². The molecule has 2 aromatic rings. The average molecular weight is 354 g/mol. The molecule has 2 rings (SSSR count). The van der Waals surface area contributed by atoms with Crippen molar-refractivity contribution >= 4 is 5.97 Å². The Morgan fingerprint density at radius 2 is 1.19 bits per heavy atom. The number of hydrogen-bond acceptors (Lipinski definition) is 3. The van der Waals surface area contributed by atoms with E-state index in [4.69, 9.17) is 9.47 Å². The topological polar surface area (TPSA) is 35.5 Å². The number of carbonyl (C=O) groups is 1. The van der Waals surface area contributed by atoms with Crippen molar-refractivity contribution in [2.45, 2.75) is 67.4 Å². The molecule has 0 aliphatic rings. The van der Waals surface area contributed by atoms with Crippen LogP contribution in [0.25, 0.3) is 0 Å². The maximum Gasteiger partial charge on any atom is 0.308 e. The van der Waals surface area contributed by atoms with E-state index in [2.05, 4.69) is 58.9 Å². The maximum absolute atomic E-state index is 11.3. The molecule has 0 spiro atoms. The minimum Gasteiger partial charge on any atom is -0.488 e. The Morgan fingerprint density at radius 1 is 0.808 bits per heavy atom. The summed E-state index contributed by atoms with van der Waals surface area (Å²) in [6.45, 7) is 15.8. The van der Waals surface area contributed by atoms with E-state index in [0.29, 0.717) is 5.75 Å². The van der Waals surface area contributed by atoms with Crippen LogP contribution in [0.3, 0.4) is 0 Å². The lowest BCUT2D eigenvalue weighted by Crippen LogP contribution is -2.24. The van der Waals surface area contributed by atoms with Gasteiger partial charge in [-0.05, 0) is 88.3 Å². The molecule has 0 amide bonds. The molecule has 0 saturated carbocycles. The normalized spacial score (nSPS) is 11.4. The zero-order valence-corrected chi connectivity index (χ0v) is 17.2. The SMILES string of the molecule is CC(=O)Oc1c(C)cc(Cc2cc(C)c(OC(C)(C)C)c(C)c2)cc1C. The second-order valence-corrected chi connectivity index (χ2v) is 8.10. The minimum atomic E-state index is -0.287. The van der Waals surface area contributed by atoms with Gasteiger partial charge in [-0.1, -0.05) is 24.3 Å². The maximum atomic E-state index is 11.3. The molecule has 140 valence electrons. The van der Waals surface area contributed by atoms with Gasteiger partial charge < -0.3 is 9.47 Å². The van der Waals surface area contributed by atoms with E-state index in [-0.39, 0.29) is 11.6 Å². The fourth-order valence-corrected chi connectivity index (χ4v) is 3.29. The number of esters is 1. The first kappa shape index (κ1) is 20.0. The molecule has 0 radical (unpaired) electrons. The molecule has 3 nitrogen and oxygen atoms in total. The van der Waals surface area contributed by atoms with Crippen LogP contribution < -0.4 is 9.47 Å². The molecule has 0 aromatic heterocycles. The highest BCUT2D eigenvalue weighted by molar-refractivity contribution is 5.70. The summed E-state index contributed by atoms with van der Waals surface area (Å²) in [7, 11) is 0. The van der Waals surface area contributed by atoms with Gasteiger partial charge >= 0.3 is 5.97 Å². The summed E-state index contributed by atoms with van der Waals surface area (Å²) in [4.78, 5) is 11.3. The largest absolute Gasteiger partial charge is 0.488 e. The van der Waals surface area contributed by atoms with Crippen molar-refractivity contribution in [3.05, 3.63) is 57.6 Å². The highest BCUT2D eigenvalue weighted by Crippen LogP contribution is 2.30. The first-order valence-electron chi connectivity index (χ1n) is 9.04. The second-order valence-electron chi connectivity index (χ2n) is 8.10. The molecule has 3 heteroatoms. The lowest BCUT2D eigenvalue weighted by Gasteiger charge is -2.24. The molecule has 26 heavy (non-hydrogen) atoms. The highest BCUT2D eigenvalue weighted by Gasteiger charge is 2.16. The molecule has 0 saturated heterocycles. The Kier molecular flexibility index (Phi) is 5.80. The summed E-state index contributed by atoms with van der Waals surface area (Å²) in [5.74, 6) is 1.35. The van der Waals surface area contributed by atoms with E-state index in [1.807, 2.05) is 13.8 Å².